The van der Waals surface area contributed by atoms with Crippen LogP contribution in [-0.4, -0.2) is 0 Å². The van der Waals surface area contributed by atoms with Crippen LogP contribution in [-0.2, 0) is 27.8 Å². The molecule has 13 heavy (non-hydrogen) atoms. The molecule has 0 nitrogen and oxygen atoms in total. The molecule has 1 aromatic carbocycles. The summed E-state index contributed by atoms with van der Waals surface area (Å²) in [6.45, 7) is 6.63. The van der Waals surface area contributed by atoms with Crippen LogP contribution in [0.2, 0.25) is 0 Å². The molecule has 0 spiro atoms. The fourth-order valence-electron chi connectivity index (χ4n) is 0.887. The Kier molecular flexibility index (Phi) is 8.06. The zero-order valence-electron chi connectivity index (χ0n) is 8.19. The molecule has 0 aliphatic rings. The van der Waals surface area contributed by atoms with Gasteiger partial charge in [-0.2, -0.15) is 35.9 Å². The molecule has 0 fully saturated rings. The number of rotatable bonds is 0. The number of terminal acetylenes is 1. The van der Waals surface area contributed by atoms with Gasteiger partial charge in [-0.3, -0.25) is 0 Å². The van der Waals surface area contributed by atoms with E-state index in [1.54, 1.807) is 0 Å². The molecule has 0 N–H and O–H groups in total. The Bertz CT molecular complexity index is 228. The summed E-state index contributed by atoms with van der Waals surface area (Å²) in [6.07, 6.45) is 9.00. The molecule has 0 aliphatic heterocycles. The molecule has 0 saturated carbocycles. The third-order valence-electron chi connectivity index (χ3n) is 1.58. The minimum absolute atomic E-state index is 0. The summed E-state index contributed by atoms with van der Waals surface area (Å²) in [7, 11) is 0. The van der Waals surface area contributed by atoms with Crippen LogP contribution >= 0.6 is 0 Å². The summed E-state index contributed by atoms with van der Waals surface area (Å²) in [5, 5.41) is 0. The maximum Gasteiger partial charge on any atom is 0 e. The van der Waals surface area contributed by atoms with E-state index in [9.17, 15) is 0 Å². The van der Waals surface area contributed by atoms with Crippen LogP contribution in [0.15, 0.2) is 24.3 Å². The molecule has 0 amide bonds. The minimum Gasteiger partial charge on any atom is -0.697 e. The van der Waals surface area contributed by atoms with Gasteiger partial charge < -0.3 is 12.8 Å². The predicted octanol–water partition coefficient (Wildman–Crippen LogP) is 2.99. The molecule has 0 saturated heterocycles. The summed E-state index contributed by atoms with van der Waals surface area (Å²) in [4.78, 5) is 0. The van der Waals surface area contributed by atoms with Gasteiger partial charge in [0.05, 0.1) is 0 Å². The van der Waals surface area contributed by atoms with E-state index in [0.717, 1.165) is 0 Å². The third kappa shape index (κ3) is 5.71. The number of hydrogen-bond acceptors (Lipinski definition) is 0. The van der Waals surface area contributed by atoms with Crippen LogP contribution in [0.5, 0.6) is 0 Å². The van der Waals surface area contributed by atoms with E-state index >= 15 is 0 Å². The molecular formula is C12H14Au-2. The smallest absolute Gasteiger partial charge is 0 e. The first kappa shape index (κ1) is 15.0. The number of hydrogen-bond donors (Lipinski definition) is 0. The van der Waals surface area contributed by atoms with Crippen molar-refractivity contribution in [3.05, 3.63) is 42.3 Å². The molecule has 1 aromatic rings. The van der Waals surface area contributed by atoms with Gasteiger partial charge in [-0.05, 0) is 5.41 Å². The van der Waals surface area contributed by atoms with E-state index in [-0.39, 0.29) is 27.8 Å². The van der Waals surface area contributed by atoms with Crippen molar-refractivity contribution in [3.63, 3.8) is 0 Å². The van der Waals surface area contributed by atoms with Gasteiger partial charge in [0, 0.05) is 22.4 Å². The van der Waals surface area contributed by atoms with E-state index in [2.05, 4.69) is 45.4 Å². The Hall–Kier alpha value is -0.480. The summed E-state index contributed by atoms with van der Waals surface area (Å²) < 4.78 is 0. The minimum atomic E-state index is 0. The molecule has 0 aliphatic carbocycles. The van der Waals surface area contributed by atoms with E-state index in [1.807, 2.05) is 12.1 Å². The second-order valence-electron chi connectivity index (χ2n) is 3.54. The first-order valence-corrected chi connectivity index (χ1v) is 3.86. The zero-order chi connectivity index (χ0) is 9.61. The van der Waals surface area contributed by atoms with Gasteiger partial charge in [0.15, 0.2) is 0 Å². The van der Waals surface area contributed by atoms with Crippen molar-refractivity contribution in [2.24, 2.45) is 0 Å². The van der Waals surface area contributed by atoms with Crippen molar-refractivity contribution < 1.29 is 22.4 Å². The molecule has 1 radical (unpaired) electrons. The number of benzene rings is 1. The van der Waals surface area contributed by atoms with Gasteiger partial charge in [-0.1, -0.05) is 20.8 Å². The third-order valence-corrected chi connectivity index (χ3v) is 1.58. The van der Waals surface area contributed by atoms with Crippen molar-refractivity contribution in [3.8, 4) is 6.42 Å². The molecule has 1 heteroatoms. The van der Waals surface area contributed by atoms with E-state index < -0.39 is 0 Å². The van der Waals surface area contributed by atoms with Crippen LogP contribution in [0.4, 0.5) is 0 Å². The molecule has 0 bridgehead atoms. The van der Waals surface area contributed by atoms with Crippen LogP contribution in [0, 0.1) is 18.9 Å². The Morgan fingerprint density at radius 2 is 1.54 bits per heavy atom. The maximum absolute atomic E-state index is 5.25. The van der Waals surface area contributed by atoms with Crippen LogP contribution in [0.1, 0.15) is 26.3 Å². The van der Waals surface area contributed by atoms with Crippen LogP contribution in [0.25, 0.3) is 0 Å². The molecule has 0 aromatic heterocycles. The molecule has 0 heterocycles. The monoisotopic (exact) mass is 355 g/mol. The summed E-state index contributed by atoms with van der Waals surface area (Å²) in [6, 6.07) is 11.1. The summed E-state index contributed by atoms with van der Waals surface area (Å²) in [5.41, 5.74) is 1.64. The van der Waals surface area contributed by atoms with Crippen molar-refractivity contribution in [2.75, 3.05) is 0 Å². The predicted molar refractivity (Wildman–Crippen MR) is 52.2 cm³/mol. The average molecular weight is 355 g/mol. The zero-order valence-corrected chi connectivity index (χ0v) is 10.4. The Balaban J connectivity index is 0. The second kappa shape index (κ2) is 6.98. The Morgan fingerprint density at radius 3 is 1.77 bits per heavy atom. The molecule has 1 rings (SSSR count). The normalized spacial score (nSPS) is 9.00. The van der Waals surface area contributed by atoms with Gasteiger partial charge in [0.25, 0.3) is 0 Å². The Labute approximate surface area is 97.3 Å². The fraction of sp³-hybridized carbons (Fsp3) is 0.333. The van der Waals surface area contributed by atoms with Crippen molar-refractivity contribution in [1.82, 2.24) is 0 Å². The largest absolute Gasteiger partial charge is 0.697 e. The van der Waals surface area contributed by atoms with Crippen LogP contribution < -0.4 is 0 Å². The molecule has 75 valence electrons. The van der Waals surface area contributed by atoms with Gasteiger partial charge >= 0.3 is 0 Å². The second-order valence-corrected chi connectivity index (χ2v) is 3.54. The standard InChI is InChI=1S/C10H13.C2H.Au/c1-10(2,3)9-7-5-4-6-8-9;1-2;/h5-8H,1-3H3;1H;/q2*-1;. The van der Waals surface area contributed by atoms with Gasteiger partial charge in [0.1, 0.15) is 0 Å². The van der Waals surface area contributed by atoms with Crippen molar-refractivity contribution in [1.29, 1.82) is 0 Å². The van der Waals surface area contributed by atoms with Crippen molar-refractivity contribution in [2.45, 2.75) is 26.2 Å². The van der Waals surface area contributed by atoms with E-state index in [0.29, 0.717) is 0 Å². The van der Waals surface area contributed by atoms with Crippen molar-refractivity contribution >= 4 is 0 Å². The summed E-state index contributed by atoms with van der Waals surface area (Å²) in [5.74, 6) is 0. The first-order valence-electron chi connectivity index (χ1n) is 3.86. The van der Waals surface area contributed by atoms with Crippen LogP contribution in [0.3, 0.4) is 0 Å². The van der Waals surface area contributed by atoms with Gasteiger partial charge in [0.2, 0.25) is 0 Å². The maximum atomic E-state index is 5.25. The van der Waals surface area contributed by atoms with Gasteiger partial charge in [-0.25, -0.2) is 0 Å². The quantitative estimate of drug-likeness (QED) is 0.381. The molecule has 0 atom stereocenters. The summed E-state index contributed by atoms with van der Waals surface area (Å²) >= 11 is 0. The molecular weight excluding hydrogens is 341 g/mol. The fourth-order valence-corrected chi connectivity index (χ4v) is 0.887. The average Bonchev–Trinajstić information content (AvgIpc) is 2.08. The first-order chi connectivity index (χ1) is 5.61. The molecule has 0 unspecified atom stereocenters. The van der Waals surface area contributed by atoms with E-state index in [4.69, 9.17) is 6.42 Å². The topological polar surface area (TPSA) is 0 Å². The van der Waals surface area contributed by atoms with Gasteiger partial charge in [-0.15, -0.1) is 0 Å². The van der Waals surface area contributed by atoms with E-state index in [1.165, 1.54) is 5.56 Å². The SMILES string of the molecule is CC(C)(C)c1cc[c-]cc1.[Au].[C-]#C. The Morgan fingerprint density at radius 1 is 1.15 bits per heavy atom.